The molecule has 0 spiro atoms. The predicted molar refractivity (Wildman–Crippen MR) is 56.1 cm³/mol. The Balaban J connectivity index is 2.97. The minimum atomic E-state index is -3.72. The van der Waals surface area contributed by atoms with Gasteiger partial charge in [-0.3, -0.25) is 0 Å². The molecule has 0 bridgehead atoms. The Morgan fingerprint density at radius 1 is 1.38 bits per heavy atom. The fraction of sp³-hybridized carbons (Fsp3) is 0.625. The van der Waals surface area contributed by atoms with Crippen LogP contribution in [0.4, 0.5) is 0 Å². The summed E-state index contributed by atoms with van der Waals surface area (Å²) in [6, 6.07) is 0. The number of rotatable bonds is 6. The van der Waals surface area contributed by atoms with Crippen molar-refractivity contribution in [3.05, 3.63) is 12.5 Å². The number of hydrogen-bond acceptors (Lipinski definition) is 5. The molecular weight excluding hydrogens is 234 g/mol. The molecule has 1 rings (SSSR count). The van der Waals surface area contributed by atoms with E-state index in [4.69, 9.17) is 10.2 Å². The Morgan fingerprint density at radius 2 is 1.94 bits per heavy atom. The SMILES string of the molecule is Cn1cnc(S(=O)(=O)N(CCO)CCO)c1. The maximum atomic E-state index is 12.0. The first-order valence-corrected chi connectivity index (χ1v) is 6.16. The van der Waals surface area contributed by atoms with Crippen molar-refractivity contribution in [2.75, 3.05) is 26.3 Å². The molecule has 1 aromatic rings. The highest BCUT2D eigenvalue weighted by molar-refractivity contribution is 7.89. The molecule has 16 heavy (non-hydrogen) atoms. The molecule has 0 aliphatic carbocycles. The molecule has 0 aliphatic heterocycles. The largest absolute Gasteiger partial charge is 0.395 e. The number of aryl methyl sites for hydroxylation is 1. The van der Waals surface area contributed by atoms with E-state index in [1.165, 1.54) is 17.1 Å². The summed E-state index contributed by atoms with van der Waals surface area (Å²) < 4.78 is 26.4. The molecule has 0 saturated carbocycles. The van der Waals surface area contributed by atoms with Gasteiger partial charge in [-0.1, -0.05) is 0 Å². The van der Waals surface area contributed by atoms with E-state index in [9.17, 15) is 8.42 Å². The van der Waals surface area contributed by atoms with Gasteiger partial charge < -0.3 is 14.8 Å². The summed E-state index contributed by atoms with van der Waals surface area (Å²) in [7, 11) is -2.06. The molecule has 8 heteroatoms. The van der Waals surface area contributed by atoms with E-state index in [2.05, 4.69) is 4.98 Å². The van der Waals surface area contributed by atoms with Crippen LogP contribution in [-0.4, -0.2) is 58.8 Å². The van der Waals surface area contributed by atoms with E-state index in [1.807, 2.05) is 0 Å². The average molecular weight is 249 g/mol. The fourth-order valence-electron chi connectivity index (χ4n) is 1.23. The van der Waals surface area contributed by atoms with E-state index in [-0.39, 0.29) is 31.3 Å². The van der Waals surface area contributed by atoms with Gasteiger partial charge >= 0.3 is 0 Å². The van der Waals surface area contributed by atoms with Gasteiger partial charge in [-0.05, 0) is 0 Å². The number of sulfonamides is 1. The normalized spacial score (nSPS) is 12.2. The molecular formula is C8H15N3O4S. The third kappa shape index (κ3) is 2.79. The minimum absolute atomic E-state index is 0.0561. The van der Waals surface area contributed by atoms with Crippen LogP contribution in [-0.2, 0) is 17.1 Å². The van der Waals surface area contributed by atoms with Gasteiger partial charge in [-0.25, -0.2) is 13.4 Å². The molecule has 0 unspecified atom stereocenters. The molecule has 7 nitrogen and oxygen atoms in total. The van der Waals surface area contributed by atoms with Gasteiger partial charge in [0.1, 0.15) is 0 Å². The fourth-order valence-corrected chi connectivity index (χ4v) is 2.62. The predicted octanol–water partition coefficient (Wildman–Crippen LogP) is -1.60. The molecule has 0 aliphatic rings. The zero-order chi connectivity index (χ0) is 12.2. The van der Waals surface area contributed by atoms with Crippen molar-refractivity contribution in [3.8, 4) is 0 Å². The zero-order valence-corrected chi connectivity index (χ0v) is 9.76. The van der Waals surface area contributed by atoms with Gasteiger partial charge in [0.05, 0.1) is 19.5 Å². The number of aromatic nitrogens is 2. The first-order chi connectivity index (χ1) is 7.52. The van der Waals surface area contributed by atoms with Crippen LogP contribution in [0.3, 0.4) is 0 Å². The van der Waals surface area contributed by atoms with E-state index in [0.717, 1.165) is 4.31 Å². The van der Waals surface area contributed by atoms with E-state index < -0.39 is 10.0 Å². The summed E-state index contributed by atoms with van der Waals surface area (Å²) in [5.41, 5.74) is 0. The van der Waals surface area contributed by atoms with Crippen molar-refractivity contribution in [2.24, 2.45) is 7.05 Å². The van der Waals surface area contributed by atoms with Crippen molar-refractivity contribution in [2.45, 2.75) is 5.03 Å². The smallest absolute Gasteiger partial charge is 0.262 e. The molecule has 1 aromatic heterocycles. The second-order valence-electron chi connectivity index (χ2n) is 3.23. The third-order valence-electron chi connectivity index (χ3n) is 1.98. The first-order valence-electron chi connectivity index (χ1n) is 4.72. The number of hydrogen-bond donors (Lipinski definition) is 2. The summed E-state index contributed by atoms with van der Waals surface area (Å²) >= 11 is 0. The van der Waals surface area contributed by atoms with Crippen LogP contribution in [0.2, 0.25) is 0 Å². The van der Waals surface area contributed by atoms with Gasteiger partial charge in [0, 0.05) is 26.3 Å². The van der Waals surface area contributed by atoms with Gasteiger partial charge in [0.15, 0.2) is 5.03 Å². The van der Waals surface area contributed by atoms with E-state index in [1.54, 1.807) is 7.05 Å². The highest BCUT2D eigenvalue weighted by Gasteiger charge is 2.25. The molecule has 0 amide bonds. The molecule has 0 radical (unpaired) electrons. The monoisotopic (exact) mass is 249 g/mol. The Labute approximate surface area is 94.0 Å². The zero-order valence-electron chi connectivity index (χ0n) is 8.94. The summed E-state index contributed by atoms with van der Waals surface area (Å²) in [5, 5.41) is 17.4. The standard InChI is InChI=1S/C8H15N3O4S/c1-10-6-8(9-7-10)16(14,15)11(2-4-12)3-5-13/h6-7,12-13H,2-5H2,1H3. The maximum absolute atomic E-state index is 12.0. The van der Waals surface area contributed by atoms with Crippen molar-refractivity contribution in [3.63, 3.8) is 0 Å². The molecule has 2 N–H and O–H groups in total. The van der Waals surface area contributed by atoms with Crippen LogP contribution >= 0.6 is 0 Å². The molecule has 0 atom stereocenters. The summed E-state index contributed by atoms with van der Waals surface area (Å²) in [6.45, 7) is -0.711. The number of nitrogens with zero attached hydrogens (tertiary/aromatic N) is 3. The van der Waals surface area contributed by atoms with E-state index >= 15 is 0 Å². The lowest BCUT2D eigenvalue weighted by Crippen LogP contribution is -2.36. The average Bonchev–Trinajstić information content (AvgIpc) is 2.65. The van der Waals surface area contributed by atoms with Crippen LogP contribution in [0.1, 0.15) is 0 Å². The highest BCUT2D eigenvalue weighted by atomic mass is 32.2. The molecule has 1 heterocycles. The van der Waals surface area contributed by atoms with Crippen LogP contribution in [0.15, 0.2) is 17.6 Å². The quantitative estimate of drug-likeness (QED) is 0.633. The Bertz CT molecular complexity index is 422. The Hall–Kier alpha value is -0.960. The second kappa shape index (κ2) is 5.39. The van der Waals surface area contributed by atoms with Crippen molar-refractivity contribution < 1.29 is 18.6 Å². The number of aliphatic hydroxyl groups is 2. The van der Waals surface area contributed by atoms with Gasteiger partial charge in [0.2, 0.25) is 0 Å². The van der Waals surface area contributed by atoms with Crippen molar-refractivity contribution in [1.29, 1.82) is 0 Å². The molecule has 0 fully saturated rings. The number of aliphatic hydroxyl groups excluding tert-OH is 2. The molecule has 0 saturated heterocycles. The lowest BCUT2D eigenvalue weighted by Gasteiger charge is -2.18. The van der Waals surface area contributed by atoms with Crippen molar-refractivity contribution >= 4 is 10.0 Å². The second-order valence-corrected chi connectivity index (χ2v) is 5.11. The minimum Gasteiger partial charge on any atom is -0.395 e. The molecule has 92 valence electrons. The lowest BCUT2D eigenvalue weighted by molar-refractivity contribution is 0.217. The van der Waals surface area contributed by atoms with Gasteiger partial charge in [0.25, 0.3) is 10.0 Å². The number of imidazole rings is 1. The topological polar surface area (TPSA) is 95.7 Å². The maximum Gasteiger partial charge on any atom is 0.262 e. The molecule has 0 aromatic carbocycles. The summed E-state index contributed by atoms with van der Waals surface area (Å²) in [4.78, 5) is 3.74. The third-order valence-corrected chi connectivity index (χ3v) is 3.77. The van der Waals surface area contributed by atoms with Gasteiger partial charge in [-0.2, -0.15) is 4.31 Å². The van der Waals surface area contributed by atoms with E-state index in [0.29, 0.717) is 0 Å². The Morgan fingerprint density at radius 3 is 2.31 bits per heavy atom. The van der Waals surface area contributed by atoms with Crippen LogP contribution in [0, 0.1) is 0 Å². The highest BCUT2D eigenvalue weighted by Crippen LogP contribution is 2.11. The van der Waals surface area contributed by atoms with Gasteiger partial charge in [-0.15, -0.1) is 0 Å². The van der Waals surface area contributed by atoms with Crippen LogP contribution < -0.4 is 0 Å². The first kappa shape index (κ1) is 13.1. The summed E-state index contributed by atoms with van der Waals surface area (Å²) in [5.74, 6) is 0. The summed E-state index contributed by atoms with van der Waals surface area (Å²) in [6.07, 6.45) is 2.75. The van der Waals surface area contributed by atoms with Crippen molar-refractivity contribution in [1.82, 2.24) is 13.9 Å². The van der Waals surface area contributed by atoms with Crippen LogP contribution in [0.5, 0.6) is 0 Å². The Kier molecular flexibility index (Phi) is 4.42. The lowest BCUT2D eigenvalue weighted by atomic mass is 10.6. The van der Waals surface area contributed by atoms with Crippen LogP contribution in [0.25, 0.3) is 0 Å².